The summed E-state index contributed by atoms with van der Waals surface area (Å²) in [7, 11) is 0. The fourth-order valence-corrected chi connectivity index (χ4v) is 2.86. The number of carbonyl (C=O) groups is 1. The summed E-state index contributed by atoms with van der Waals surface area (Å²) in [5.74, 6) is 1.07. The number of carbonyl (C=O) groups excluding carboxylic acids is 1. The third-order valence-electron chi connectivity index (χ3n) is 3.99. The van der Waals surface area contributed by atoms with Crippen LogP contribution >= 0.6 is 0 Å². The maximum atomic E-state index is 12.6. The SMILES string of the molecule is O=C(c1cc2n(n1)CCCO2)N1CC[C@H](Oc2cccnn2)C1. The van der Waals surface area contributed by atoms with E-state index in [1.54, 1.807) is 34.0 Å². The van der Waals surface area contributed by atoms with E-state index in [0.717, 1.165) is 19.4 Å². The van der Waals surface area contributed by atoms with Gasteiger partial charge in [-0.2, -0.15) is 10.2 Å². The average Bonchev–Trinajstić information content (AvgIpc) is 3.21. The van der Waals surface area contributed by atoms with E-state index in [2.05, 4.69) is 15.3 Å². The Morgan fingerprint density at radius 2 is 2.35 bits per heavy atom. The zero-order valence-corrected chi connectivity index (χ0v) is 12.6. The van der Waals surface area contributed by atoms with E-state index in [-0.39, 0.29) is 12.0 Å². The lowest BCUT2D eigenvalue weighted by Crippen LogP contribution is -2.31. The summed E-state index contributed by atoms with van der Waals surface area (Å²) in [6.07, 6.45) is 3.22. The molecule has 1 atom stereocenters. The first kappa shape index (κ1) is 14.0. The Morgan fingerprint density at radius 1 is 1.39 bits per heavy atom. The highest BCUT2D eigenvalue weighted by molar-refractivity contribution is 5.92. The molecular formula is C15H17N5O3. The van der Waals surface area contributed by atoms with Crippen molar-refractivity contribution in [1.82, 2.24) is 24.9 Å². The lowest BCUT2D eigenvalue weighted by molar-refractivity contribution is 0.0764. The maximum Gasteiger partial charge on any atom is 0.274 e. The summed E-state index contributed by atoms with van der Waals surface area (Å²) < 4.78 is 13.0. The lowest BCUT2D eigenvalue weighted by Gasteiger charge is -2.15. The number of hydrogen-bond donors (Lipinski definition) is 0. The number of aryl methyl sites for hydroxylation is 1. The second-order valence-electron chi connectivity index (χ2n) is 5.63. The summed E-state index contributed by atoms with van der Waals surface area (Å²) >= 11 is 0. The van der Waals surface area contributed by atoms with E-state index in [1.807, 2.05) is 0 Å². The first-order valence-electron chi connectivity index (χ1n) is 7.74. The van der Waals surface area contributed by atoms with Crippen LogP contribution in [0, 0.1) is 0 Å². The van der Waals surface area contributed by atoms with Crippen molar-refractivity contribution in [3.8, 4) is 11.8 Å². The average molecular weight is 315 g/mol. The van der Waals surface area contributed by atoms with Gasteiger partial charge in [-0.25, -0.2) is 4.68 Å². The molecule has 2 aromatic rings. The molecule has 0 aromatic carbocycles. The first-order valence-corrected chi connectivity index (χ1v) is 7.74. The van der Waals surface area contributed by atoms with Gasteiger partial charge in [0, 0.05) is 44.3 Å². The molecule has 0 unspecified atom stereocenters. The van der Waals surface area contributed by atoms with Crippen LogP contribution in [0.2, 0.25) is 0 Å². The number of likely N-dealkylation sites (tertiary alicyclic amines) is 1. The van der Waals surface area contributed by atoms with E-state index in [4.69, 9.17) is 9.47 Å². The van der Waals surface area contributed by atoms with Crippen LogP contribution in [0.3, 0.4) is 0 Å². The molecule has 2 aliphatic rings. The summed E-state index contributed by atoms with van der Waals surface area (Å²) in [4.78, 5) is 14.3. The molecule has 0 N–H and O–H groups in total. The zero-order chi connectivity index (χ0) is 15.6. The van der Waals surface area contributed by atoms with Crippen LogP contribution in [-0.4, -0.2) is 56.6 Å². The monoisotopic (exact) mass is 315 g/mol. The third-order valence-corrected chi connectivity index (χ3v) is 3.99. The van der Waals surface area contributed by atoms with Gasteiger partial charge in [0.05, 0.1) is 13.2 Å². The molecule has 23 heavy (non-hydrogen) atoms. The Morgan fingerprint density at radius 3 is 3.17 bits per heavy atom. The minimum Gasteiger partial charge on any atom is -0.478 e. The molecule has 8 heteroatoms. The number of hydrogen-bond acceptors (Lipinski definition) is 6. The normalized spacial score (nSPS) is 20.0. The fourth-order valence-electron chi connectivity index (χ4n) is 2.86. The molecular weight excluding hydrogens is 298 g/mol. The van der Waals surface area contributed by atoms with Crippen molar-refractivity contribution in [2.24, 2.45) is 0 Å². The predicted octanol–water partition coefficient (Wildman–Crippen LogP) is 0.749. The van der Waals surface area contributed by atoms with Gasteiger partial charge in [-0.15, -0.1) is 5.10 Å². The molecule has 4 heterocycles. The highest BCUT2D eigenvalue weighted by Gasteiger charge is 2.30. The van der Waals surface area contributed by atoms with Gasteiger partial charge >= 0.3 is 0 Å². The number of rotatable bonds is 3. The highest BCUT2D eigenvalue weighted by atomic mass is 16.5. The van der Waals surface area contributed by atoms with Crippen molar-refractivity contribution in [3.63, 3.8) is 0 Å². The van der Waals surface area contributed by atoms with E-state index in [0.29, 0.717) is 37.2 Å². The van der Waals surface area contributed by atoms with Crippen molar-refractivity contribution in [1.29, 1.82) is 0 Å². The Bertz CT molecular complexity index is 679. The van der Waals surface area contributed by atoms with Gasteiger partial charge in [-0.05, 0) is 6.07 Å². The molecule has 0 radical (unpaired) electrons. The van der Waals surface area contributed by atoms with E-state index < -0.39 is 0 Å². The summed E-state index contributed by atoms with van der Waals surface area (Å²) in [5, 5.41) is 12.0. The summed E-state index contributed by atoms with van der Waals surface area (Å²) in [6, 6.07) is 5.26. The van der Waals surface area contributed by atoms with Gasteiger partial charge in [-0.1, -0.05) is 0 Å². The van der Waals surface area contributed by atoms with Crippen LogP contribution in [0.1, 0.15) is 23.3 Å². The van der Waals surface area contributed by atoms with Crippen molar-refractivity contribution < 1.29 is 14.3 Å². The minimum atomic E-state index is -0.0826. The molecule has 0 aliphatic carbocycles. The second kappa shape index (κ2) is 5.86. The van der Waals surface area contributed by atoms with Crippen LogP contribution in [0.5, 0.6) is 11.8 Å². The molecule has 4 rings (SSSR count). The standard InChI is InChI=1S/C15H17N5O3/c21-15(12-9-14-20(18-12)6-2-8-22-14)19-7-4-11(10-19)23-13-3-1-5-16-17-13/h1,3,5,9,11H,2,4,6-8,10H2/t11-/m0/s1. The molecule has 8 nitrogen and oxygen atoms in total. The fraction of sp³-hybridized carbons (Fsp3) is 0.467. The van der Waals surface area contributed by atoms with Crippen molar-refractivity contribution in [2.45, 2.75) is 25.5 Å². The summed E-state index contributed by atoms with van der Waals surface area (Å²) in [5.41, 5.74) is 0.432. The minimum absolute atomic E-state index is 0.0656. The van der Waals surface area contributed by atoms with Crippen LogP contribution in [0.25, 0.3) is 0 Å². The molecule has 2 aliphatic heterocycles. The molecule has 0 saturated carbocycles. The van der Waals surface area contributed by atoms with Crippen molar-refractivity contribution in [3.05, 3.63) is 30.1 Å². The van der Waals surface area contributed by atoms with Gasteiger partial charge in [0.25, 0.3) is 5.91 Å². The molecule has 0 bridgehead atoms. The molecule has 2 aromatic heterocycles. The Balaban J connectivity index is 1.41. The number of nitrogens with zero attached hydrogens (tertiary/aromatic N) is 5. The maximum absolute atomic E-state index is 12.6. The van der Waals surface area contributed by atoms with E-state index in [9.17, 15) is 4.79 Å². The van der Waals surface area contributed by atoms with Gasteiger partial charge < -0.3 is 14.4 Å². The number of fused-ring (bicyclic) bond motifs is 1. The van der Waals surface area contributed by atoms with Gasteiger partial charge in [0.2, 0.25) is 11.8 Å². The Kier molecular flexibility index (Phi) is 3.57. The molecule has 1 fully saturated rings. The third kappa shape index (κ3) is 2.84. The first-order chi connectivity index (χ1) is 11.3. The number of amides is 1. The van der Waals surface area contributed by atoms with Crippen molar-refractivity contribution >= 4 is 5.91 Å². The Hall–Kier alpha value is -2.64. The topological polar surface area (TPSA) is 82.4 Å². The largest absolute Gasteiger partial charge is 0.478 e. The zero-order valence-electron chi connectivity index (χ0n) is 12.6. The quantitative estimate of drug-likeness (QED) is 0.831. The Labute approximate surface area is 133 Å². The van der Waals surface area contributed by atoms with Gasteiger partial charge in [0.15, 0.2) is 5.69 Å². The molecule has 1 amide bonds. The second-order valence-corrected chi connectivity index (χ2v) is 5.63. The molecule has 1 saturated heterocycles. The van der Waals surface area contributed by atoms with Crippen molar-refractivity contribution in [2.75, 3.05) is 19.7 Å². The van der Waals surface area contributed by atoms with Crippen LogP contribution < -0.4 is 9.47 Å². The van der Waals surface area contributed by atoms with E-state index in [1.165, 1.54) is 0 Å². The smallest absolute Gasteiger partial charge is 0.274 e. The molecule has 120 valence electrons. The number of ether oxygens (including phenoxy) is 2. The molecule has 0 spiro atoms. The van der Waals surface area contributed by atoms with Gasteiger partial charge in [-0.3, -0.25) is 4.79 Å². The van der Waals surface area contributed by atoms with Crippen LogP contribution in [0.15, 0.2) is 24.4 Å². The van der Waals surface area contributed by atoms with Crippen LogP contribution in [0.4, 0.5) is 0 Å². The van der Waals surface area contributed by atoms with Gasteiger partial charge in [0.1, 0.15) is 6.10 Å². The summed E-state index contributed by atoms with van der Waals surface area (Å²) in [6.45, 7) is 2.64. The van der Waals surface area contributed by atoms with E-state index >= 15 is 0 Å². The predicted molar refractivity (Wildman–Crippen MR) is 79.3 cm³/mol. The number of aromatic nitrogens is 4. The highest BCUT2D eigenvalue weighted by Crippen LogP contribution is 2.22. The van der Waals surface area contributed by atoms with Crippen LogP contribution in [-0.2, 0) is 6.54 Å². The lowest BCUT2D eigenvalue weighted by atomic mass is 10.3.